The van der Waals surface area contributed by atoms with E-state index in [1.54, 1.807) is 0 Å². The van der Waals surface area contributed by atoms with Gasteiger partial charge >= 0.3 is 0 Å². The molecule has 22 heavy (non-hydrogen) atoms. The Bertz CT molecular complexity index is 330. The molecule has 5 nitrogen and oxygen atoms in total. The fourth-order valence-electron chi connectivity index (χ4n) is 3.15. The van der Waals surface area contributed by atoms with Crippen LogP contribution in [0.1, 0.15) is 46.0 Å². The van der Waals surface area contributed by atoms with E-state index >= 15 is 0 Å². The molecule has 2 fully saturated rings. The van der Waals surface area contributed by atoms with Gasteiger partial charge in [0.15, 0.2) is 5.96 Å². The van der Waals surface area contributed by atoms with Crippen LogP contribution in [0, 0.1) is 5.92 Å². The zero-order valence-corrected chi connectivity index (χ0v) is 14.4. The summed E-state index contributed by atoms with van der Waals surface area (Å²) in [6.45, 7) is 11.0. The third kappa shape index (κ3) is 6.13. The van der Waals surface area contributed by atoms with Crippen LogP contribution < -0.4 is 5.32 Å². The van der Waals surface area contributed by atoms with Crippen molar-refractivity contribution in [3.05, 3.63) is 0 Å². The van der Waals surface area contributed by atoms with Gasteiger partial charge in [-0.25, -0.2) is 0 Å². The van der Waals surface area contributed by atoms with Gasteiger partial charge in [0, 0.05) is 46.0 Å². The summed E-state index contributed by atoms with van der Waals surface area (Å²) in [6.07, 6.45) is 6.09. The van der Waals surface area contributed by atoms with Crippen LogP contribution in [-0.4, -0.2) is 63.0 Å². The van der Waals surface area contributed by atoms with Crippen molar-refractivity contribution in [2.75, 3.05) is 46.0 Å². The molecule has 0 spiro atoms. The van der Waals surface area contributed by atoms with Gasteiger partial charge in [-0.15, -0.1) is 0 Å². The molecule has 0 bridgehead atoms. The van der Waals surface area contributed by atoms with Crippen LogP contribution in [0.4, 0.5) is 0 Å². The quantitative estimate of drug-likeness (QED) is 0.464. The molecule has 2 rings (SSSR count). The summed E-state index contributed by atoms with van der Waals surface area (Å²) >= 11 is 0. The molecule has 5 heteroatoms. The summed E-state index contributed by atoms with van der Waals surface area (Å²) in [7, 11) is 0. The van der Waals surface area contributed by atoms with Gasteiger partial charge in [-0.05, 0) is 44.9 Å². The maximum atomic E-state index is 5.90. The van der Waals surface area contributed by atoms with Crippen LogP contribution in [0.5, 0.6) is 0 Å². The van der Waals surface area contributed by atoms with Crippen LogP contribution in [-0.2, 0) is 9.47 Å². The summed E-state index contributed by atoms with van der Waals surface area (Å²) in [5.41, 5.74) is 0. The molecule has 2 saturated heterocycles. The van der Waals surface area contributed by atoms with Crippen molar-refractivity contribution in [3.8, 4) is 0 Å². The maximum absolute atomic E-state index is 5.90. The Morgan fingerprint density at radius 3 is 2.86 bits per heavy atom. The summed E-state index contributed by atoms with van der Waals surface area (Å²) in [5.74, 6) is 1.86. The third-order valence-electron chi connectivity index (χ3n) is 4.38. The SMILES string of the molecule is CCNC(=NCCCOC1CCOCC1)N1CCCC(C)C1. The molecular weight excluding hydrogens is 278 g/mol. The van der Waals surface area contributed by atoms with Crippen LogP contribution in [0.25, 0.3) is 0 Å². The number of guanidine groups is 1. The topological polar surface area (TPSA) is 46.1 Å². The number of nitrogens with one attached hydrogen (secondary N) is 1. The van der Waals surface area contributed by atoms with Gasteiger partial charge in [0.2, 0.25) is 0 Å². The molecule has 2 aliphatic rings. The highest BCUT2D eigenvalue weighted by Gasteiger charge is 2.19. The first kappa shape index (κ1) is 17.5. The molecule has 0 radical (unpaired) electrons. The predicted octanol–water partition coefficient (Wildman–Crippen LogP) is 2.27. The minimum atomic E-state index is 0.397. The highest BCUT2D eigenvalue weighted by Crippen LogP contribution is 2.15. The highest BCUT2D eigenvalue weighted by atomic mass is 16.5. The zero-order chi connectivity index (χ0) is 15.6. The van der Waals surface area contributed by atoms with Crippen LogP contribution in [0.2, 0.25) is 0 Å². The van der Waals surface area contributed by atoms with Crippen molar-refractivity contribution >= 4 is 5.96 Å². The first-order chi connectivity index (χ1) is 10.8. The molecule has 1 unspecified atom stereocenters. The molecule has 0 aromatic carbocycles. The Hall–Kier alpha value is -0.810. The van der Waals surface area contributed by atoms with Crippen molar-refractivity contribution in [3.63, 3.8) is 0 Å². The second-order valence-corrected chi connectivity index (χ2v) is 6.47. The predicted molar refractivity (Wildman–Crippen MR) is 90.4 cm³/mol. The summed E-state index contributed by atoms with van der Waals surface area (Å²) < 4.78 is 11.2. The Morgan fingerprint density at radius 1 is 1.32 bits per heavy atom. The molecule has 0 aromatic heterocycles. The third-order valence-corrected chi connectivity index (χ3v) is 4.38. The van der Waals surface area contributed by atoms with Crippen LogP contribution in [0.15, 0.2) is 4.99 Å². The van der Waals surface area contributed by atoms with E-state index in [2.05, 4.69) is 24.1 Å². The monoisotopic (exact) mass is 311 g/mol. The van der Waals surface area contributed by atoms with Gasteiger partial charge in [-0.2, -0.15) is 0 Å². The van der Waals surface area contributed by atoms with Crippen molar-refractivity contribution in [1.29, 1.82) is 0 Å². The van der Waals surface area contributed by atoms with Gasteiger partial charge in [-0.3, -0.25) is 4.99 Å². The largest absolute Gasteiger partial charge is 0.381 e. The molecule has 128 valence electrons. The number of hydrogen-bond acceptors (Lipinski definition) is 3. The molecule has 1 N–H and O–H groups in total. The standard InChI is InChI=1S/C17H33N3O2/c1-3-18-17(20-10-4-6-15(2)14-20)19-9-5-11-22-16-7-12-21-13-8-16/h15-16H,3-14H2,1-2H3,(H,18,19). The Morgan fingerprint density at radius 2 is 2.14 bits per heavy atom. The van der Waals surface area contributed by atoms with Crippen LogP contribution >= 0.6 is 0 Å². The molecule has 1 atom stereocenters. The molecule has 0 aliphatic carbocycles. The number of piperidine rings is 1. The smallest absolute Gasteiger partial charge is 0.193 e. The van der Waals surface area contributed by atoms with E-state index in [9.17, 15) is 0 Å². The average Bonchev–Trinajstić information content (AvgIpc) is 2.54. The van der Waals surface area contributed by atoms with E-state index < -0.39 is 0 Å². The van der Waals surface area contributed by atoms with E-state index in [0.29, 0.717) is 6.10 Å². The lowest BCUT2D eigenvalue weighted by molar-refractivity contribution is -0.0318. The van der Waals surface area contributed by atoms with E-state index in [0.717, 1.165) is 77.1 Å². The van der Waals surface area contributed by atoms with E-state index in [-0.39, 0.29) is 0 Å². The Labute approximate surface area is 135 Å². The zero-order valence-electron chi connectivity index (χ0n) is 14.4. The lowest BCUT2D eigenvalue weighted by Crippen LogP contribution is -2.46. The maximum Gasteiger partial charge on any atom is 0.193 e. The number of ether oxygens (including phenoxy) is 2. The lowest BCUT2D eigenvalue weighted by Gasteiger charge is -2.33. The van der Waals surface area contributed by atoms with Gasteiger partial charge in [0.25, 0.3) is 0 Å². The summed E-state index contributed by atoms with van der Waals surface area (Å²) in [6, 6.07) is 0. The van der Waals surface area contributed by atoms with Crippen molar-refractivity contribution in [1.82, 2.24) is 10.2 Å². The fraction of sp³-hybridized carbons (Fsp3) is 0.941. The van der Waals surface area contributed by atoms with Gasteiger partial charge in [0.1, 0.15) is 0 Å². The lowest BCUT2D eigenvalue weighted by atomic mass is 10.0. The van der Waals surface area contributed by atoms with E-state index in [4.69, 9.17) is 14.5 Å². The molecule has 0 saturated carbocycles. The van der Waals surface area contributed by atoms with Crippen molar-refractivity contribution in [2.45, 2.75) is 52.1 Å². The molecule has 2 aliphatic heterocycles. The van der Waals surface area contributed by atoms with E-state index in [1.807, 2.05) is 0 Å². The average molecular weight is 311 g/mol. The van der Waals surface area contributed by atoms with Gasteiger partial charge < -0.3 is 19.7 Å². The molecule has 2 heterocycles. The number of likely N-dealkylation sites (tertiary alicyclic amines) is 1. The normalized spacial score (nSPS) is 24.5. The minimum absolute atomic E-state index is 0.397. The van der Waals surface area contributed by atoms with Gasteiger partial charge in [0.05, 0.1) is 6.10 Å². The second-order valence-electron chi connectivity index (χ2n) is 6.47. The second kappa shape index (κ2) is 10.1. The number of nitrogens with zero attached hydrogens (tertiary/aromatic N) is 2. The van der Waals surface area contributed by atoms with Crippen LogP contribution in [0.3, 0.4) is 0 Å². The molecule has 0 aromatic rings. The number of hydrogen-bond donors (Lipinski definition) is 1. The summed E-state index contributed by atoms with van der Waals surface area (Å²) in [4.78, 5) is 7.19. The Balaban J connectivity index is 1.68. The number of aliphatic imine (C=N–C) groups is 1. The molecular formula is C17H33N3O2. The number of rotatable bonds is 6. The van der Waals surface area contributed by atoms with Crippen molar-refractivity contribution in [2.24, 2.45) is 10.9 Å². The van der Waals surface area contributed by atoms with Gasteiger partial charge in [-0.1, -0.05) is 6.92 Å². The fourth-order valence-corrected chi connectivity index (χ4v) is 3.15. The van der Waals surface area contributed by atoms with E-state index in [1.165, 1.54) is 12.8 Å². The van der Waals surface area contributed by atoms with Crippen molar-refractivity contribution < 1.29 is 9.47 Å². The molecule has 0 amide bonds. The first-order valence-corrected chi connectivity index (χ1v) is 9.02. The highest BCUT2D eigenvalue weighted by molar-refractivity contribution is 5.80. The summed E-state index contributed by atoms with van der Waals surface area (Å²) in [5, 5.41) is 3.43. The Kier molecular flexibility index (Phi) is 8.02. The minimum Gasteiger partial charge on any atom is -0.381 e. The first-order valence-electron chi connectivity index (χ1n) is 9.02.